The molecule has 1 amide bonds. The Kier molecular flexibility index (Phi) is 6.92. The number of fused-ring (bicyclic) bond motifs is 1. The molecule has 0 aliphatic carbocycles. The fourth-order valence-corrected chi connectivity index (χ4v) is 5.28. The molecule has 2 unspecified atom stereocenters. The maximum Gasteiger partial charge on any atom is 0.259 e. The van der Waals surface area contributed by atoms with Crippen LogP contribution < -0.4 is 10.9 Å². The zero-order chi connectivity index (χ0) is 23.7. The minimum Gasteiger partial charge on any atom is -0.348 e. The van der Waals surface area contributed by atoms with Crippen molar-refractivity contribution in [2.75, 3.05) is 26.2 Å². The molecule has 9 heteroatoms. The summed E-state index contributed by atoms with van der Waals surface area (Å²) in [6.45, 7) is 11.4. The number of benzene rings is 1. The zero-order valence-electron chi connectivity index (χ0n) is 19.4. The van der Waals surface area contributed by atoms with Crippen molar-refractivity contribution in [1.29, 1.82) is 0 Å². The van der Waals surface area contributed by atoms with E-state index in [0.29, 0.717) is 17.8 Å². The summed E-state index contributed by atoms with van der Waals surface area (Å²) in [6.07, 6.45) is 0. The molecular weight excluding hydrogens is 441 g/mol. The molecule has 176 valence electrons. The third-order valence-electron chi connectivity index (χ3n) is 6.52. The standard InChI is InChI=1S/C24H30FN5O2S/c1-14-17(4)33-24-21(14)23(32)27-20(28-24)13-29-9-11-30(12-10-29)16(3)22(31)26-15(2)18-5-7-19(25)8-6-18/h5-8,15-16H,9-13H2,1-4H3,(H,26,31)(H,27,28,32). The van der Waals surface area contributed by atoms with Gasteiger partial charge in [-0.1, -0.05) is 12.1 Å². The number of amides is 1. The van der Waals surface area contributed by atoms with Gasteiger partial charge < -0.3 is 10.3 Å². The number of halogens is 1. The van der Waals surface area contributed by atoms with Crippen molar-refractivity contribution in [3.05, 3.63) is 62.3 Å². The Morgan fingerprint density at radius 2 is 1.85 bits per heavy atom. The van der Waals surface area contributed by atoms with E-state index in [1.54, 1.807) is 23.5 Å². The number of nitrogens with one attached hydrogen (secondary N) is 2. The zero-order valence-corrected chi connectivity index (χ0v) is 20.3. The molecule has 7 nitrogen and oxygen atoms in total. The number of aromatic nitrogens is 2. The summed E-state index contributed by atoms with van der Waals surface area (Å²) >= 11 is 1.56. The molecular formula is C24H30FN5O2S. The second-order valence-corrected chi connectivity index (χ2v) is 9.95. The normalized spacial score (nSPS) is 17.2. The van der Waals surface area contributed by atoms with Gasteiger partial charge in [0.25, 0.3) is 5.56 Å². The largest absolute Gasteiger partial charge is 0.348 e. The average Bonchev–Trinajstić information content (AvgIpc) is 3.07. The van der Waals surface area contributed by atoms with Crippen molar-refractivity contribution in [2.24, 2.45) is 0 Å². The first-order valence-electron chi connectivity index (χ1n) is 11.2. The minimum atomic E-state index is -0.289. The van der Waals surface area contributed by atoms with Crippen LogP contribution in [0.4, 0.5) is 4.39 Å². The van der Waals surface area contributed by atoms with Crippen LogP contribution in [0, 0.1) is 19.7 Å². The highest BCUT2D eigenvalue weighted by Crippen LogP contribution is 2.26. The molecule has 33 heavy (non-hydrogen) atoms. The van der Waals surface area contributed by atoms with E-state index in [1.165, 1.54) is 12.1 Å². The predicted molar refractivity (Wildman–Crippen MR) is 129 cm³/mol. The van der Waals surface area contributed by atoms with Crippen molar-refractivity contribution in [3.63, 3.8) is 0 Å². The van der Waals surface area contributed by atoms with Crippen LogP contribution in [0.1, 0.15) is 41.7 Å². The molecule has 4 rings (SSSR count). The summed E-state index contributed by atoms with van der Waals surface area (Å²) in [4.78, 5) is 39.2. The molecule has 3 heterocycles. The maximum absolute atomic E-state index is 13.1. The molecule has 0 bridgehead atoms. The van der Waals surface area contributed by atoms with Crippen molar-refractivity contribution < 1.29 is 9.18 Å². The number of aryl methyl sites for hydroxylation is 2. The second kappa shape index (κ2) is 9.70. The highest BCUT2D eigenvalue weighted by molar-refractivity contribution is 7.18. The Morgan fingerprint density at radius 3 is 2.52 bits per heavy atom. The number of piperazine rings is 1. The fraction of sp³-hybridized carbons (Fsp3) is 0.458. The van der Waals surface area contributed by atoms with Crippen molar-refractivity contribution in [2.45, 2.75) is 46.3 Å². The fourth-order valence-electron chi connectivity index (χ4n) is 4.23. The minimum absolute atomic E-state index is 0.0415. The smallest absolute Gasteiger partial charge is 0.259 e. The summed E-state index contributed by atoms with van der Waals surface area (Å²) in [5.41, 5.74) is 1.80. The molecule has 0 saturated carbocycles. The number of rotatable bonds is 6. The van der Waals surface area contributed by atoms with E-state index in [2.05, 4.69) is 25.1 Å². The van der Waals surface area contributed by atoms with Gasteiger partial charge >= 0.3 is 0 Å². The molecule has 1 saturated heterocycles. The summed E-state index contributed by atoms with van der Waals surface area (Å²) in [5.74, 6) is 0.351. The third kappa shape index (κ3) is 5.15. The lowest BCUT2D eigenvalue weighted by Crippen LogP contribution is -2.53. The molecule has 0 spiro atoms. The van der Waals surface area contributed by atoms with Gasteiger partial charge in [-0.15, -0.1) is 11.3 Å². The number of H-pyrrole nitrogens is 1. The first kappa shape index (κ1) is 23.5. The molecule has 0 radical (unpaired) electrons. The van der Waals surface area contributed by atoms with E-state index in [4.69, 9.17) is 0 Å². The van der Waals surface area contributed by atoms with Crippen LogP contribution in [0.3, 0.4) is 0 Å². The molecule has 3 aromatic rings. The summed E-state index contributed by atoms with van der Waals surface area (Å²) < 4.78 is 13.1. The number of carbonyl (C=O) groups excluding carboxylic acids is 1. The molecule has 1 aliphatic heterocycles. The molecule has 1 aliphatic rings. The van der Waals surface area contributed by atoms with Crippen LogP contribution in [0.5, 0.6) is 0 Å². The highest BCUT2D eigenvalue weighted by atomic mass is 32.1. The van der Waals surface area contributed by atoms with Crippen LogP contribution in [-0.2, 0) is 11.3 Å². The Balaban J connectivity index is 1.32. The third-order valence-corrected chi connectivity index (χ3v) is 7.63. The van der Waals surface area contributed by atoms with E-state index in [1.807, 2.05) is 27.7 Å². The van der Waals surface area contributed by atoms with Crippen molar-refractivity contribution >= 4 is 27.5 Å². The summed E-state index contributed by atoms with van der Waals surface area (Å²) in [5, 5.41) is 3.72. The van der Waals surface area contributed by atoms with Gasteiger partial charge in [0.05, 0.1) is 24.0 Å². The number of hydrogen-bond donors (Lipinski definition) is 2. The molecule has 2 N–H and O–H groups in total. The van der Waals surface area contributed by atoms with E-state index >= 15 is 0 Å². The summed E-state index contributed by atoms with van der Waals surface area (Å²) in [6, 6.07) is 5.74. The Morgan fingerprint density at radius 1 is 1.18 bits per heavy atom. The molecule has 1 fully saturated rings. The van der Waals surface area contributed by atoms with Crippen LogP contribution >= 0.6 is 11.3 Å². The maximum atomic E-state index is 13.1. The summed E-state index contributed by atoms with van der Waals surface area (Å²) in [7, 11) is 0. The van der Waals surface area contributed by atoms with Crippen molar-refractivity contribution in [1.82, 2.24) is 25.1 Å². The van der Waals surface area contributed by atoms with Gasteiger partial charge in [0.2, 0.25) is 5.91 Å². The number of aromatic amines is 1. The van der Waals surface area contributed by atoms with Crippen LogP contribution in [0.15, 0.2) is 29.1 Å². The number of hydrogen-bond acceptors (Lipinski definition) is 6. The van der Waals surface area contributed by atoms with E-state index in [-0.39, 0.29) is 29.4 Å². The van der Waals surface area contributed by atoms with Gasteiger partial charge in [0, 0.05) is 31.1 Å². The van der Waals surface area contributed by atoms with Crippen molar-refractivity contribution in [3.8, 4) is 0 Å². The quantitative estimate of drug-likeness (QED) is 0.577. The van der Waals surface area contributed by atoms with Gasteiger partial charge in [0.15, 0.2) is 0 Å². The highest BCUT2D eigenvalue weighted by Gasteiger charge is 2.27. The number of carbonyl (C=O) groups is 1. The van der Waals surface area contributed by atoms with E-state index in [9.17, 15) is 14.0 Å². The first-order chi connectivity index (χ1) is 15.7. The lowest BCUT2D eigenvalue weighted by atomic mass is 10.1. The Hall–Kier alpha value is -2.62. The lowest BCUT2D eigenvalue weighted by Gasteiger charge is -2.37. The van der Waals surface area contributed by atoms with Gasteiger partial charge in [-0.2, -0.15) is 0 Å². The second-order valence-electron chi connectivity index (χ2n) is 8.75. The monoisotopic (exact) mass is 471 g/mol. The van der Waals surface area contributed by atoms with Crippen LogP contribution in [0.2, 0.25) is 0 Å². The topological polar surface area (TPSA) is 81.3 Å². The number of thiophene rings is 1. The average molecular weight is 472 g/mol. The van der Waals surface area contributed by atoms with Crippen LogP contribution in [0.25, 0.3) is 10.2 Å². The predicted octanol–water partition coefficient (Wildman–Crippen LogP) is 3.12. The van der Waals surface area contributed by atoms with Gasteiger partial charge in [0.1, 0.15) is 16.5 Å². The van der Waals surface area contributed by atoms with E-state index < -0.39 is 0 Å². The first-order valence-corrected chi connectivity index (χ1v) is 12.1. The van der Waals surface area contributed by atoms with Gasteiger partial charge in [-0.3, -0.25) is 19.4 Å². The van der Waals surface area contributed by atoms with Gasteiger partial charge in [-0.25, -0.2) is 9.37 Å². The number of nitrogens with zero attached hydrogens (tertiary/aromatic N) is 3. The van der Waals surface area contributed by atoms with Crippen LogP contribution in [-0.4, -0.2) is 57.9 Å². The molecule has 1 aromatic carbocycles. The SMILES string of the molecule is Cc1sc2nc(CN3CCN(C(C)C(=O)NC(C)c4ccc(F)cc4)CC3)[nH]c(=O)c2c1C. The van der Waals surface area contributed by atoms with Gasteiger partial charge in [-0.05, 0) is 51.0 Å². The lowest BCUT2D eigenvalue weighted by molar-refractivity contribution is -0.127. The molecule has 2 atom stereocenters. The van der Waals surface area contributed by atoms with E-state index in [0.717, 1.165) is 47.0 Å². The molecule has 2 aromatic heterocycles. The Labute approximate surface area is 196 Å². The Bertz CT molecular complexity index is 1200.